The number of rotatable bonds is 5. The highest BCUT2D eigenvalue weighted by atomic mass is 16.5. The number of carbonyl (C=O) groups excluding carboxylic acids is 1. The minimum atomic E-state index is -0.385. The number of anilines is 1. The Bertz CT molecular complexity index is 388. The van der Waals surface area contributed by atoms with Crippen molar-refractivity contribution in [1.82, 2.24) is 0 Å². The van der Waals surface area contributed by atoms with Crippen LogP contribution in [0.25, 0.3) is 0 Å². The van der Waals surface area contributed by atoms with E-state index in [2.05, 4.69) is 6.58 Å². The topological polar surface area (TPSA) is 61.5 Å². The first-order valence-corrected chi connectivity index (χ1v) is 4.99. The van der Waals surface area contributed by atoms with Gasteiger partial charge in [0.1, 0.15) is 12.4 Å². The Morgan fingerprint density at radius 3 is 2.88 bits per heavy atom. The summed E-state index contributed by atoms with van der Waals surface area (Å²) in [6, 6.07) is 4.80. The van der Waals surface area contributed by atoms with Crippen molar-refractivity contribution in [3.63, 3.8) is 0 Å². The van der Waals surface area contributed by atoms with Crippen LogP contribution in [0.2, 0.25) is 0 Å². The van der Waals surface area contributed by atoms with Crippen molar-refractivity contribution < 1.29 is 14.3 Å². The molecule has 0 aliphatic rings. The molecule has 0 heterocycles. The molecule has 0 aliphatic carbocycles. The van der Waals surface area contributed by atoms with E-state index < -0.39 is 0 Å². The second-order valence-electron chi connectivity index (χ2n) is 3.07. The van der Waals surface area contributed by atoms with E-state index in [1.54, 1.807) is 25.1 Å². The van der Waals surface area contributed by atoms with E-state index in [-0.39, 0.29) is 5.97 Å². The molecule has 0 aromatic heterocycles. The van der Waals surface area contributed by atoms with Gasteiger partial charge in [-0.3, -0.25) is 0 Å². The Morgan fingerprint density at radius 1 is 1.56 bits per heavy atom. The minimum Gasteiger partial charge on any atom is -0.487 e. The fraction of sp³-hybridized carbons (Fsp3) is 0.250. The van der Waals surface area contributed by atoms with E-state index in [0.29, 0.717) is 30.2 Å². The van der Waals surface area contributed by atoms with Gasteiger partial charge in [-0.15, -0.1) is 0 Å². The van der Waals surface area contributed by atoms with Gasteiger partial charge in [-0.25, -0.2) is 4.79 Å². The first-order chi connectivity index (χ1) is 7.69. The van der Waals surface area contributed by atoms with Crippen molar-refractivity contribution in [3.8, 4) is 5.75 Å². The van der Waals surface area contributed by atoms with E-state index in [1.165, 1.54) is 6.07 Å². The molecule has 16 heavy (non-hydrogen) atoms. The van der Waals surface area contributed by atoms with Gasteiger partial charge in [0.25, 0.3) is 0 Å². The fourth-order valence-electron chi connectivity index (χ4n) is 1.17. The van der Waals surface area contributed by atoms with Crippen LogP contribution in [-0.4, -0.2) is 19.2 Å². The molecular formula is C12H15NO3. The Labute approximate surface area is 94.7 Å². The predicted molar refractivity (Wildman–Crippen MR) is 62.5 cm³/mol. The summed E-state index contributed by atoms with van der Waals surface area (Å²) in [4.78, 5) is 11.4. The van der Waals surface area contributed by atoms with E-state index in [9.17, 15) is 4.79 Å². The molecular weight excluding hydrogens is 206 g/mol. The van der Waals surface area contributed by atoms with Crippen molar-refractivity contribution in [3.05, 3.63) is 36.4 Å². The average molecular weight is 221 g/mol. The van der Waals surface area contributed by atoms with Gasteiger partial charge in [-0.1, -0.05) is 12.7 Å². The molecule has 0 saturated carbocycles. The van der Waals surface area contributed by atoms with Gasteiger partial charge in [0.05, 0.1) is 17.9 Å². The average Bonchev–Trinajstić information content (AvgIpc) is 2.27. The molecule has 1 rings (SSSR count). The van der Waals surface area contributed by atoms with E-state index in [0.717, 1.165) is 0 Å². The fourth-order valence-corrected chi connectivity index (χ4v) is 1.17. The molecule has 0 saturated heterocycles. The normalized spacial score (nSPS) is 9.56. The number of esters is 1. The largest absolute Gasteiger partial charge is 0.487 e. The lowest BCUT2D eigenvalue weighted by molar-refractivity contribution is 0.0526. The maximum atomic E-state index is 11.4. The first-order valence-electron chi connectivity index (χ1n) is 4.99. The Hall–Kier alpha value is -1.97. The molecule has 0 atom stereocenters. The number of hydrogen-bond acceptors (Lipinski definition) is 4. The van der Waals surface area contributed by atoms with Crippen LogP contribution in [0.1, 0.15) is 17.3 Å². The smallest absolute Gasteiger partial charge is 0.338 e. The molecule has 0 fully saturated rings. The molecule has 1 aromatic rings. The number of hydrogen-bond donors (Lipinski definition) is 1. The zero-order valence-corrected chi connectivity index (χ0v) is 9.23. The predicted octanol–water partition coefficient (Wildman–Crippen LogP) is 2.01. The van der Waals surface area contributed by atoms with Gasteiger partial charge in [0.2, 0.25) is 0 Å². The molecule has 0 spiro atoms. The van der Waals surface area contributed by atoms with E-state index in [1.807, 2.05) is 0 Å². The summed E-state index contributed by atoms with van der Waals surface area (Å²) < 4.78 is 10.1. The maximum Gasteiger partial charge on any atom is 0.338 e. The van der Waals surface area contributed by atoms with Crippen LogP contribution in [-0.2, 0) is 4.74 Å². The standard InChI is InChI=1S/C12H15NO3/c1-3-7-16-11-6-5-9(8-10(11)13)12(14)15-4-2/h3,5-6,8H,1,4,7,13H2,2H3. The van der Waals surface area contributed by atoms with E-state index in [4.69, 9.17) is 15.2 Å². The van der Waals surface area contributed by atoms with Crippen LogP contribution in [0.15, 0.2) is 30.9 Å². The van der Waals surface area contributed by atoms with Crippen molar-refractivity contribution >= 4 is 11.7 Å². The van der Waals surface area contributed by atoms with Crippen LogP contribution in [0.5, 0.6) is 5.75 Å². The molecule has 4 heteroatoms. The third-order valence-electron chi connectivity index (χ3n) is 1.88. The van der Waals surface area contributed by atoms with E-state index >= 15 is 0 Å². The number of nitrogen functional groups attached to an aromatic ring is 1. The molecule has 0 bridgehead atoms. The molecule has 0 radical (unpaired) electrons. The minimum absolute atomic E-state index is 0.341. The van der Waals surface area contributed by atoms with Crippen LogP contribution in [0, 0.1) is 0 Å². The van der Waals surface area contributed by atoms with Crippen molar-refractivity contribution in [2.75, 3.05) is 18.9 Å². The van der Waals surface area contributed by atoms with Gasteiger partial charge in [0, 0.05) is 0 Å². The third kappa shape index (κ3) is 3.02. The highest BCUT2D eigenvalue weighted by molar-refractivity contribution is 5.91. The molecule has 0 aliphatic heterocycles. The lowest BCUT2D eigenvalue weighted by Gasteiger charge is -2.08. The summed E-state index contributed by atoms with van der Waals surface area (Å²) >= 11 is 0. The number of nitrogens with two attached hydrogens (primary N) is 1. The second-order valence-corrected chi connectivity index (χ2v) is 3.07. The Morgan fingerprint density at radius 2 is 2.31 bits per heavy atom. The lowest BCUT2D eigenvalue weighted by atomic mass is 10.2. The van der Waals surface area contributed by atoms with Gasteiger partial charge < -0.3 is 15.2 Å². The third-order valence-corrected chi connectivity index (χ3v) is 1.88. The summed E-state index contributed by atoms with van der Waals surface area (Å²) in [5.41, 5.74) is 6.56. The molecule has 0 amide bonds. The number of ether oxygens (including phenoxy) is 2. The number of benzene rings is 1. The van der Waals surface area contributed by atoms with Crippen molar-refractivity contribution in [2.45, 2.75) is 6.92 Å². The van der Waals surface area contributed by atoms with Crippen molar-refractivity contribution in [2.24, 2.45) is 0 Å². The Balaban J connectivity index is 2.81. The maximum absolute atomic E-state index is 11.4. The van der Waals surface area contributed by atoms with Gasteiger partial charge in [-0.2, -0.15) is 0 Å². The zero-order valence-electron chi connectivity index (χ0n) is 9.23. The quantitative estimate of drug-likeness (QED) is 0.469. The molecule has 0 unspecified atom stereocenters. The number of carbonyl (C=O) groups is 1. The van der Waals surface area contributed by atoms with Gasteiger partial charge in [0.15, 0.2) is 0 Å². The summed E-state index contributed by atoms with van der Waals surface area (Å²) in [5.74, 6) is 0.150. The molecule has 2 N–H and O–H groups in total. The van der Waals surface area contributed by atoms with Crippen molar-refractivity contribution in [1.29, 1.82) is 0 Å². The first kappa shape index (κ1) is 12.1. The van der Waals surface area contributed by atoms with Crippen LogP contribution >= 0.6 is 0 Å². The van der Waals surface area contributed by atoms with Crippen LogP contribution in [0.4, 0.5) is 5.69 Å². The highest BCUT2D eigenvalue weighted by Gasteiger charge is 2.09. The summed E-state index contributed by atoms with van der Waals surface area (Å²) in [6.07, 6.45) is 1.62. The highest BCUT2D eigenvalue weighted by Crippen LogP contribution is 2.22. The lowest BCUT2D eigenvalue weighted by Crippen LogP contribution is -2.06. The van der Waals surface area contributed by atoms with Crippen LogP contribution in [0.3, 0.4) is 0 Å². The SMILES string of the molecule is C=CCOc1ccc(C(=O)OCC)cc1N. The molecule has 4 nitrogen and oxygen atoms in total. The van der Waals surface area contributed by atoms with Gasteiger partial charge in [-0.05, 0) is 25.1 Å². The monoisotopic (exact) mass is 221 g/mol. The summed E-state index contributed by atoms with van der Waals surface area (Å²) in [5, 5.41) is 0. The van der Waals surface area contributed by atoms with Gasteiger partial charge >= 0.3 is 5.97 Å². The molecule has 86 valence electrons. The summed E-state index contributed by atoms with van der Waals surface area (Å²) in [7, 11) is 0. The zero-order chi connectivity index (χ0) is 12.0. The van der Waals surface area contributed by atoms with Crippen LogP contribution < -0.4 is 10.5 Å². The summed E-state index contributed by atoms with van der Waals surface area (Å²) in [6.45, 7) is 6.01. The second kappa shape index (κ2) is 5.80. The Kier molecular flexibility index (Phi) is 4.39. The molecule has 1 aromatic carbocycles.